The molecular formula is C23H26N2O3S. The molecule has 0 radical (unpaired) electrons. The lowest BCUT2D eigenvalue weighted by Crippen LogP contribution is -2.43. The Morgan fingerprint density at radius 1 is 1.14 bits per heavy atom. The summed E-state index contributed by atoms with van der Waals surface area (Å²) in [5.74, 6) is 0.509. The second-order valence-electron chi connectivity index (χ2n) is 7.68. The summed E-state index contributed by atoms with van der Waals surface area (Å²) in [6.07, 6.45) is 0.952. The smallest absolute Gasteiger partial charge is 0.220 e. The molecule has 6 heteroatoms. The Bertz CT molecular complexity index is 965. The minimum absolute atomic E-state index is 0.0313. The number of nitrogens with zero attached hydrogens (tertiary/aromatic N) is 1. The second-order valence-corrected chi connectivity index (χ2v) is 8.46. The van der Waals surface area contributed by atoms with Crippen LogP contribution < -0.4 is 10.5 Å². The number of primary amides is 1. The van der Waals surface area contributed by atoms with Gasteiger partial charge in [-0.1, -0.05) is 18.2 Å². The molecule has 1 aliphatic heterocycles. The van der Waals surface area contributed by atoms with E-state index < -0.39 is 6.10 Å². The van der Waals surface area contributed by atoms with Crippen LogP contribution in [-0.4, -0.2) is 48.3 Å². The number of aliphatic hydroxyl groups excluding tert-OH is 1. The van der Waals surface area contributed by atoms with Gasteiger partial charge in [0.25, 0.3) is 0 Å². The van der Waals surface area contributed by atoms with Gasteiger partial charge in [0.05, 0.1) is 0 Å². The van der Waals surface area contributed by atoms with Gasteiger partial charge in [0.15, 0.2) is 0 Å². The van der Waals surface area contributed by atoms with Gasteiger partial charge in [-0.15, -0.1) is 0 Å². The molecule has 4 rings (SSSR count). The zero-order valence-corrected chi connectivity index (χ0v) is 17.1. The van der Waals surface area contributed by atoms with Crippen LogP contribution in [0.15, 0.2) is 53.2 Å². The lowest BCUT2D eigenvalue weighted by Gasteiger charge is -2.31. The number of hydrogen-bond donors (Lipinski definition) is 2. The minimum Gasteiger partial charge on any atom is -0.491 e. The number of thiophene rings is 1. The highest BCUT2D eigenvalue weighted by Gasteiger charge is 2.24. The van der Waals surface area contributed by atoms with Crippen LogP contribution in [-0.2, 0) is 4.79 Å². The summed E-state index contributed by atoms with van der Waals surface area (Å²) in [6.45, 7) is 2.35. The number of rotatable bonds is 7. The molecule has 2 aromatic carbocycles. The van der Waals surface area contributed by atoms with Crippen molar-refractivity contribution < 1.29 is 14.6 Å². The molecule has 1 saturated heterocycles. The first kappa shape index (κ1) is 19.9. The Morgan fingerprint density at radius 3 is 2.66 bits per heavy atom. The number of aliphatic hydroxyl groups is 1. The van der Waals surface area contributed by atoms with Gasteiger partial charge in [-0.25, -0.2) is 0 Å². The number of benzene rings is 2. The molecule has 5 nitrogen and oxygen atoms in total. The fourth-order valence-electron chi connectivity index (χ4n) is 3.87. The van der Waals surface area contributed by atoms with Crippen LogP contribution in [0.1, 0.15) is 12.8 Å². The summed E-state index contributed by atoms with van der Waals surface area (Å²) >= 11 is 1.69. The Labute approximate surface area is 174 Å². The molecule has 0 saturated carbocycles. The lowest BCUT2D eigenvalue weighted by molar-refractivity contribution is -0.123. The van der Waals surface area contributed by atoms with Gasteiger partial charge < -0.3 is 20.5 Å². The van der Waals surface area contributed by atoms with E-state index in [0.29, 0.717) is 6.54 Å². The number of hydrogen-bond acceptors (Lipinski definition) is 5. The third-order valence-corrected chi connectivity index (χ3v) is 6.25. The van der Waals surface area contributed by atoms with Crippen LogP contribution in [0, 0.1) is 5.92 Å². The van der Waals surface area contributed by atoms with E-state index in [1.165, 1.54) is 11.1 Å². The number of amides is 1. The van der Waals surface area contributed by atoms with Crippen LogP contribution in [0.5, 0.6) is 5.75 Å². The first-order valence-corrected chi connectivity index (χ1v) is 10.9. The largest absolute Gasteiger partial charge is 0.491 e. The van der Waals surface area contributed by atoms with Crippen molar-refractivity contribution in [3.63, 3.8) is 0 Å². The summed E-state index contributed by atoms with van der Waals surface area (Å²) in [7, 11) is 0. The number of piperidine rings is 1. The Hall–Kier alpha value is -2.41. The molecule has 1 aromatic heterocycles. The summed E-state index contributed by atoms with van der Waals surface area (Å²) in [5.41, 5.74) is 7.79. The maximum atomic E-state index is 11.3. The number of likely N-dealkylation sites (tertiary alicyclic amines) is 1. The summed E-state index contributed by atoms with van der Waals surface area (Å²) in [4.78, 5) is 13.4. The molecular weight excluding hydrogens is 384 g/mol. The Balaban J connectivity index is 1.34. The fraction of sp³-hybridized carbons (Fsp3) is 0.348. The average molecular weight is 411 g/mol. The monoisotopic (exact) mass is 410 g/mol. The number of carbonyl (C=O) groups excluding carboxylic acids is 1. The summed E-state index contributed by atoms with van der Waals surface area (Å²) in [6, 6.07) is 14.6. The number of fused-ring (bicyclic) bond motifs is 1. The molecule has 152 valence electrons. The second kappa shape index (κ2) is 8.95. The molecule has 1 unspecified atom stereocenters. The Kier molecular flexibility index (Phi) is 6.13. The number of ether oxygens (including phenoxy) is 1. The van der Waals surface area contributed by atoms with Crippen LogP contribution in [0.4, 0.5) is 0 Å². The van der Waals surface area contributed by atoms with Gasteiger partial charge in [-0.3, -0.25) is 4.79 Å². The van der Waals surface area contributed by atoms with Crippen molar-refractivity contribution in [2.45, 2.75) is 18.9 Å². The van der Waals surface area contributed by atoms with E-state index in [2.05, 4.69) is 39.9 Å². The molecule has 1 amide bonds. The van der Waals surface area contributed by atoms with Gasteiger partial charge in [0.2, 0.25) is 5.91 Å². The van der Waals surface area contributed by atoms with E-state index in [1.807, 2.05) is 18.2 Å². The third kappa shape index (κ3) is 4.96. The van der Waals surface area contributed by atoms with Crippen molar-refractivity contribution in [1.82, 2.24) is 4.90 Å². The molecule has 1 fully saturated rings. The normalized spacial score (nSPS) is 16.7. The van der Waals surface area contributed by atoms with Crippen molar-refractivity contribution in [3.05, 3.63) is 53.2 Å². The first-order chi connectivity index (χ1) is 14.1. The average Bonchev–Trinajstić information content (AvgIpc) is 3.27. The number of β-amino-alcohol motifs (C(OH)–C–C–N with tert-alkyl or cyclic N) is 1. The number of carbonyl (C=O) groups is 1. The van der Waals surface area contributed by atoms with E-state index in [-0.39, 0.29) is 18.4 Å². The van der Waals surface area contributed by atoms with Crippen molar-refractivity contribution in [1.29, 1.82) is 0 Å². The highest BCUT2D eigenvalue weighted by atomic mass is 32.1. The van der Waals surface area contributed by atoms with E-state index >= 15 is 0 Å². The standard InChI is InChI=1S/C23H26N2O3S/c24-23(27)17-5-8-25(9-6-17)13-21(26)14-28-22-4-3-16-1-2-18(11-20(16)12-22)19-7-10-29-15-19/h1-4,7,10-12,15,17,21,26H,5-6,8-9,13-14H2,(H2,24,27). The maximum Gasteiger partial charge on any atom is 0.220 e. The molecule has 1 aliphatic rings. The summed E-state index contributed by atoms with van der Waals surface area (Å²) in [5, 5.41) is 16.9. The topological polar surface area (TPSA) is 75.8 Å². The highest BCUT2D eigenvalue weighted by molar-refractivity contribution is 7.08. The molecule has 3 N–H and O–H groups in total. The molecule has 2 heterocycles. The van der Waals surface area contributed by atoms with Crippen LogP contribution in [0.25, 0.3) is 21.9 Å². The van der Waals surface area contributed by atoms with E-state index in [0.717, 1.165) is 42.5 Å². The van der Waals surface area contributed by atoms with E-state index in [4.69, 9.17) is 10.5 Å². The van der Waals surface area contributed by atoms with Crippen LogP contribution in [0.3, 0.4) is 0 Å². The number of nitrogens with two attached hydrogens (primary N) is 1. The Morgan fingerprint density at radius 2 is 1.93 bits per heavy atom. The SMILES string of the molecule is NC(=O)C1CCN(CC(O)COc2ccc3ccc(-c4ccsc4)cc3c2)CC1. The minimum atomic E-state index is -0.576. The van der Waals surface area contributed by atoms with E-state index in [1.54, 1.807) is 11.3 Å². The quantitative estimate of drug-likeness (QED) is 0.625. The maximum absolute atomic E-state index is 11.3. The fourth-order valence-corrected chi connectivity index (χ4v) is 4.53. The molecule has 0 aliphatic carbocycles. The zero-order chi connectivity index (χ0) is 20.2. The molecule has 3 aromatic rings. The van der Waals surface area contributed by atoms with Crippen molar-refractivity contribution >= 4 is 28.0 Å². The van der Waals surface area contributed by atoms with Gasteiger partial charge in [0, 0.05) is 12.5 Å². The summed E-state index contributed by atoms with van der Waals surface area (Å²) < 4.78 is 5.86. The van der Waals surface area contributed by atoms with E-state index in [9.17, 15) is 9.90 Å². The van der Waals surface area contributed by atoms with Crippen molar-refractivity contribution in [2.75, 3.05) is 26.2 Å². The van der Waals surface area contributed by atoms with Crippen molar-refractivity contribution in [2.24, 2.45) is 11.7 Å². The van der Waals surface area contributed by atoms with Gasteiger partial charge in [0.1, 0.15) is 18.5 Å². The molecule has 0 spiro atoms. The lowest BCUT2D eigenvalue weighted by atomic mass is 9.96. The van der Waals surface area contributed by atoms with Gasteiger partial charge >= 0.3 is 0 Å². The van der Waals surface area contributed by atoms with Crippen LogP contribution >= 0.6 is 11.3 Å². The van der Waals surface area contributed by atoms with Gasteiger partial charge in [-0.2, -0.15) is 11.3 Å². The third-order valence-electron chi connectivity index (χ3n) is 5.57. The molecule has 0 bridgehead atoms. The van der Waals surface area contributed by atoms with Gasteiger partial charge in [-0.05, 0) is 82.9 Å². The molecule has 1 atom stereocenters. The van der Waals surface area contributed by atoms with Crippen LogP contribution in [0.2, 0.25) is 0 Å². The molecule has 29 heavy (non-hydrogen) atoms. The predicted molar refractivity (Wildman–Crippen MR) is 117 cm³/mol. The van der Waals surface area contributed by atoms with Crippen molar-refractivity contribution in [3.8, 4) is 16.9 Å². The zero-order valence-electron chi connectivity index (χ0n) is 16.3. The highest BCUT2D eigenvalue weighted by Crippen LogP contribution is 2.28. The first-order valence-electron chi connectivity index (χ1n) is 9.97. The predicted octanol–water partition coefficient (Wildman–Crippen LogP) is 3.51.